The van der Waals surface area contributed by atoms with Crippen molar-refractivity contribution in [3.63, 3.8) is 0 Å². The number of nitrogens with zero attached hydrogens (tertiary/aromatic N) is 2. The Hall–Kier alpha value is -0.840. The molecule has 3 N–H and O–H groups in total. The number of nitrogens with two attached hydrogens (primary N) is 1. The summed E-state index contributed by atoms with van der Waals surface area (Å²) in [6, 6.07) is 0. The summed E-state index contributed by atoms with van der Waals surface area (Å²) in [5.41, 5.74) is 5.44. The second-order valence-electron chi connectivity index (χ2n) is 3.84. The summed E-state index contributed by atoms with van der Waals surface area (Å²) in [6.07, 6.45) is 6.86. The van der Waals surface area contributed by atoms with Crippen LogP contribution in [0.25, 0.3) is 0 Å². The minimum absolute atomic E-state index is 0.376. The third-order valence-corrected chi connectivity index (χ3v) is 3.40. The van der Waals surface area contributed by atoms with E-state index in [1.54, 1.807) is 0 Å². The van der Waals surface area contributed by atoms with Crippen LogP contribution in [0.15, 0.2) is 0 Å². The Morgan fingerprint density at radius 1 is 1.36 bits per heavy atom. The van der Waals surface area contributed by atoms with Gasteiger partial charge in [-0.1, -0.05) is 19.3 Å². The van der Waals surface area contributed by atoms with E-state index in [2.05, 4.69) is 14.7 Å². The zero-order chi connectivity index (χ0) is 9.80. The first-order valence-electron chi connectivity index (χ1n) is 5.17. The van der Waals surface area contributed by atoms with Crippen molar-refractivity contribution in [3.05, 3.63) is 0 Å². The maximum atomic E-state index is 5.44. The third kappa shape index (κ3) is 2.57. The fourth-order valence-electron chi connectivity index (χ4n) is 1.93. The molecular weight excluding hydrogens is 196 g/mol. The lowest BCUT2D eigenvalue weighted by Crippen LogP contribution is -2.16. The Bertz CT molecular complexity index is 280. The number of nitrogen functional groups attached to an aromatic ring is 1. The molecule has 14 heavy (non-hydrogen) atoms. The molecule has 0 radical (unpaired) electrons. The molecule has 1 heterocycles. The van der Waals surface area contributed by atoms with Crippen LogP contribution < -0.4 is 11.1 Å². The minimum atomic E-state index is 0.376. The van der Waals surface area contributed by atoms with Crippen molar-refractivity contribution in [2.45, 2.75) is 32.1 Å². The lowest BCUT2D eigenvalue weighted by Gasteiger charge is -2.21. The predicted octanol–water partition coefficient (Wildman–Crippen LogP) is 2.11. The van der Waals surface area contributed by atoms with Crippen molar-refractivity contribution in [1.82, 2.24) is 9.36 Å². The number of rotatable bonds is 3. The van der Waals surface area contributed by atoms with E-state index in [-0.39, 0.29) is 0 Å². The second-order valence-corrected chi connectivity index (χ2v) is 4.59. The quantitative estimate of drug-likeness (QED) is 0.805. The fourth-order valence-corrected chi connectivity index (χ4v) is 2.43. The van der Waals surface area contributed by atoms with Gasteiger partial charge >= 0.3 is 0 Å². The first kappa shape index (κ1) is 9.71. The number of nitrogens with one attached hydrogen (secondary N) is 1. The van der Waals surface area contributed by atoms with Crippen molar-refractivity contribution in [1.29, 1.82) is 0 Å². The van der Waals surface area contributed by atoms with Crippen molar-refractivity contribution in [2.24, 2.45) is 5.92 Å². The zero-order valence-electron chi connectivity index (χ0n) is 8.20. The van der Waals surface area contributed by atoms with Crippen LogP contribution in [0.4, 0.5) is 11.1 Å². The van der Waals surface area contributed by atoms with Crippen LogP contribution in [0.1, 0.15) is 32.1 Å². The average Bonchev–Trinajstić information content (AvgIpc) is 2.63. The highest BCUT2D eigenvalue weighted by Crippen LogP contribution is 2.24. The van der Waals surface area contributed by atoms with Gasteiger partial charge in [-0.05, 0) is 18.8 Å². The summed E-state index contributed by atoms with van der Waals surface area (Å²) in [5, 5.41) is 4.15. The topological polar surface area (TPSA) is 63.8 Å². The molecule has 0 aliphatic heterocycles. The molecular formula is C9H16N4S. The summed E-state index contributed by atoms with van der Waals surface area (Å²) >= 11 is 1.34. The van der Waals surface area contributed by atoms with Gasteiger partial charge in [-0.15, -0.1) is 0 Å². The molecule has 1 aromatic rings. The minimum Gasteiger partial charge on any atom is -0.367 e. The largest absolute Gasteiger partial charge is 0.367 e. The van der Waals surface area contributed by atoms with E-state index in [9.17, 15) is 0 Å². The molecule has 0 amide bonds. The van der Waals surface area contributed by atoms with Crippen molar-refractivity contribution >= 4 is 22.6 Å². The van der Waals surface area contributed by atoms with Crippen LogP contribution in [0.2, 0.25) is 0 Å². The van der Waals surface area contributed by atoms with Crippen molar-refractivity contribution in [2.75, 3.05) is 17.6 Å². The summed E-state index contributed by atoms with van der Waals surface area (Å²) in [6.45, 7) is 1.02. The fraction of sp³-hybridized carbons (Fsp3) is 0.778. The molecule has 1 aliphatic rings. The molecule has 4 nitrogen and oxygen atoms in total. The average molecular weight is 212 g/mol. The number of aromatic nitrogens is 2. The van der Waals surface area contributed by atoms with Crippen molar-refractivity contribution < 1.29 is 0 Å². The van der Waals surface area contributed by atoms with Gasteiger partial charge in [0.1, 0.15) is 0 Å². The Morgan fingerprint density at radius 2 is 2.14 bits per heavy atom. The maximum absolute atomic E-state index is 5.44. The Morgan fingerprint density at radius 3 is 2.79 bits per heavy atom. The van der Waals surface area contributed by atoms with Gasteiger partial charge in [0.15, 0.2) is 0 Å². The lowest BCUT2D eigenvalue weighted by atomic mass is 9.89. The first-order chi connectivity index (χ1) is 6.84. The summed E-state index contributed by atoms with van der Waals surface area (Å²) in [4.78, 5) is 4.07. The van der Waals surface area contributed by atoms with Gasteiger partial charge in [-0.25, -0.2) is 0 Å². The summed E-state index contributed by atoms with van der Waals surface area (Å²) in [7, 11) is 0. The maximum Gasteiger partial charge on any atom is 0.233 e. The Labute approximate surface area is 88.1 Å². The number of anilines is 2. The van der Waals surface area contributed by atoms with E-state index in [4.69, 9.17) is 5.73 Å². The molecule has 0 unspecified atom stereocenters. The molecule has 5 heteroatoms. The first-order valence-corrected chi connectivity index (χ1v) is 5.95. The Balaban J connectivity index is 1.76. The highest BCUT2D eigenvalue weighted by molar-refractivity contribution is 7.09. The van der Waals surface area contributed by atoms with Gasteiger partial charge in [-0.2, -0.15) is 9.36 Å². The lowest BCUT2D eigenvalue weighted by molar-refractivity contribution is 0.373. The highest BCUT2D eigenvalue weighted by Gasteiger charge is 2.13. The molecule has 0 aromatic carbocycles. The van der Waals surface area contributed by atoms with Gasteiger partial charge in [0.2, 0.25) is 11.1 Å². The molecule has 0 spiro atoms. The van der Waals surface area contributed by atoms with E-state index >= 15 is 0 Å². The van der Waals surface area contributed by atoms with E-state index in [0.29, 0.717) is 5.95 Å². The van der Waals surface area contributed by atoms with Crippen LogP contribution >= 0.6 is 11.5 Å². The van der Waals surface area contributed by atoms with E-state index in [1.807, 2.05) is 0 Å². The van der Waals surface area contributed by atoms with Crippen molar-refractivity contribution in [3.8, 4) is 0 Å². The van der Waals surface area contributed by atoms with Gasteiger partial charge in [0.25, 0.3) is 0 Å². The van der Waals surface area contributed by atoms with Crippen LogP contribution in [-0.4, -0.2) is 15.9 Å². The third-order valence-electron chi connectivity index (χ3n) is 2.71. The number of hydrogen-bond donors (Lipinski definition) is 2. The van der Waals surface area contributed by atoms with Crippen LogP contribution in [0.5, 0.6) is 0 Å². The van der Waals surface area contributed by atoms with Gasteiger partial charge in [0, 0.05) is 18.1 Å². The van der Waals surface area contributed by atoms with Crippen LogP contribution in [0, 0.1) is 5.92 Å². The smallest absolute Gasteiger partial charge is 0.233 e. The molecule has 1 aromatic heterocycles. The highest BCUT2D eigenvalue weighted by atomic mass is 32.1. The standard InChI is InChI=1S/C9H16N4S/c10-8-12-9(14-13-8)11-6-7-4-2-1-3-5-7/h7H,1-6H2,(H3,10,11,12,13). The van der Waals surface area contributed by atoms with Crippen LogP contribution in [-0.2, 0) is 0 Å². The van der Waals surface area contributed by atoms with Crippen LogP contribution in [0.3, 0.4) is 0 Å². The van der Waals surface area contributed by atoms with E-state index < -0.39 is 0 Å². The second kappa shape index (κ2) is 4.59. The molecule has 0 bridgehead atoms. The summed E-state index contributed by atoms with van der Waals surface area (Å²) < 4.78 is 3.93. The van der Waals surface area contributed by atoms with Gasteiger partial charge in [0.05, 0.1) is 0 Å². The zero-order valence-corrected chi connectivity index (χ0v) is 9.02. The molecule has 0 atom stereocenters. The molecule has 2 rings (SSSR count). The molecule has 0 saturated heterocycles. The normalized spacial score (nSPS) is 18.3. The van der Waals surface area contributed by atoms with Gasteiger partial charge < -0.3 is 11.1 Å². The molecule has 78 valence electrons. The number of hydrogen-bond acceptors (Lipinski definition) is 5. The predicted molar refractivity (Wildman–Crippen MR) is 59.4 cm³/mol. The summed E-state index contributed by atoms with van der Waals surface area (Å²) in [5.74, 6) is 1.19. The monoisotopic (exact) mass is 212 g/mol. The molecule has 1 saturated carbocycles. The Kier molecular flexibility index (Phi) is 3.18. The molecule has 1 aliphatic carbocycles. The SMILES string of the molecule is Nc1nsc(NCC2CCCCC2)n1. The van der Waals surface area contributed by atoms with E-state index in [0.717, 1.165) is 17.6 Å². The molecule has 1 fully saturated rings. The van der Waals surface area contributed by atoms with Gasteiger partial charge in [-0.3, -0.25) is 0 Å². The van der Waals surface area contributed by atoms with E-state index in [1.165, 1.54) is 43.6 Å².